The van der Waals surface area contributed by atoms with Crippen molar-refractivity contribution in [2.75, 3.05) is 0 Å². The molecule has 1 N–H and O–H groups in total. The van der Waals surface area contributed by atoms with Crippen molar-refractivity contribution >= 4 is 28.5 Å². The Bertz CT molecular complexity index is 1080. The Morgan fingerprint density at radius 1 is 1.22 bits per heavy atom. The van der Waals surface area contributed by atoms with Crippen molar-refractivity contribution in [1.29, 1.82) is 0 Å². The van der Waals surface area contributed by atoms with E-state index in [9.17, 15) is 18.8 Å². The van der Waals surface area contributed by atoms with Gasteiger partial charge in [-0.2, -0.15) is 4.37 Å². The molecule has 0 spiro atoms. The van der Waals surface area contributed by atoms with Crippen LogP contribution in [-0.4, -0.2) is 19.4 Å². The summed E-state index contributed by atoms with van der Waals surface area (Å²) >= 11 is 1.07. The number of fused-ring (bicyclic) bond motifs is 1. The maximum atomic E-state index is 12.9. The SMILES string of the molecule is CC(C)Cn1c(=O)c2nscc2n(CC(=O)NCc2ccc(F)cc2)c1=O. The molecule has 0 bridgehead atoms. The number of nitrogens with one attached hydrogen (secondary N) is 1. The third kappa shape index (κ3) is 4.13. The Morgan fingerprint density at radius 3 is 2.59 bits per heavy atom. The van der Waals surface area contributed by atoms with Gasteiger partial charge in [-0.3, -0.25) is 18.7 Å². The number of aromatic nitrogens is 3. The first kappa shape index (κ1) is 19.0. The highest BCUT2D eigenvalue weighted by molar-refractivity contribution is 7.04. The summed E-state index contributed by atoms with van der Waals surface area (Å²) in [6, 6.07) is 5.78. The van der Waals surface area contributed by atoms with E-state index < -0.39 is 11.2 Å². The lowest BCUT2D eigenvalue weighted by atomic mass is 10.2. The van der Waals surface area contributed by atoms with Gasteiger partial charge in [0, 0.05) is 18.5 Å². The molecule has 1 amide bonds. The molecule has 0 radical (unpaired) electrons. The molecule has 0 fully saturated rings. The molecule has 27 heavy (non-hydrogen) atoms. The van der Waals surface area contributed by atoms with E-state index in [0.29, 0.717) is 5.52 Å². The number of amides is 1. The first-order valence-corrected chi connectivity index (χ1v) is 9.29. The second-order valence-electron chi connectivity index (χ2n) is 6.63. The van der Waals surface area contributed by atoms with E-state index in [1.165, 1.54) is 16.7 Å². The molecule has 7 nitrogen and oxygen atoms in total. The van der Waals surface area contributed by atoms with Crippen molar-refractivity contribution in [2.45, 2.75) is 33.5 Å². The van der Waals surface area contributed by atoms with E-state index in [2.05, 4.69) is 9.69 Å². The van der Waals surface area contributed by atoms with Crippen LogP contribution < -0.4 is 16.6 Å². The summed E-state index contributed by atoms with van der Waals surface area (Å²) in [7, 11) is 0. The van der Waals surface area contributed by atoms with Gasteiger partial charge in [-0.25, -0.2) is 9.18 Å². The van der Waals surface area contributed by atoms with Crippen molar-refractivity contribution in [3.05, 3.63) is 61.9 Å². The van der Waals surface area contributed by atoms with Crippen molar-refractivity contribution in [3.63, 3.8) is 0 Å². The Balaban J connectivity index is 1.86. The average molecular weight is 390 g/mol. The summed E-state index contributed by atoms with van der Waals surface area (Å²) in [4.78, 5) is 37.6. The third-order valence-corrected chi connectivity index (χ3v) is 4.62. The lowest BCUT2D eigenvalue weighted by Crippen LogP contribution is -2.43. The average Bonchev–Trinajstić information content (AvgIpc) is 3.11. The predicted molar refractivity (Wildman–Crippen MR) is 101 cm³/mol. The lowest BCUT2D eigenvalue weighted by Gasteiger charge is -2.13. The second kappa shape index (κ2) is 7.83. The molecule has 0 atom stereocenters. The van der Waals surface area contributed by atoms with E-state index in [0.717, 1.165) is 21.7 Å². The molecule has 0 aliphatic carbocycles. The number of benzene rings is 1. The van der Waals surface area contributed by atoms with Crippen molar-refractivity contribution in [3.8, 4) is 0 Å². The van der Waals surface area contributed by atoms with Crippen molar-refractivity contribution < 1.29 is 9.18 Å². The molecule has 3 rings (SSSR count). The first-order chi connectivity index (χ1) is 12.9. The molecule has 9 heteroatoms. The van der Waals surface area contributed by atoms with Gasteiger partial charge >= 0.3 is 5.69 Å². The molecule has 142 valence electrons. The number of hydrogen-bond donors (Lipinski definition) is 1. The van der Waals surface area contributed by atoms with Crippen LogP contribution in [0.4, 0.5) is 4.39 Å². The zero-order valence-corrected chi connectivity index (χ0v) is 15.8. The van der Waals surface area contributed by atoms with Crippen LogP contribution in [0.3, 0.4) is 0 Å². The highest BCUT2D eigenvalue weighted by Crippen LogP contribution is 2.10. The number of rotatable bonds is 6. The maximum Gasteiger partial charge on any atom is 0.332 e. The summed E-state index contributed by atoms with van der Waals surface area (Å²) in [5.74, 6) is -0.646. The monoisotopic (exact) mass is 390 g/mol. The fraction of sp³-hybridized carbons (Fsp3) is 0.333. The molecule has 1 aromatic carbocycles. The minimum absolute atomic E-state index is 0.0900. The standard InChI is InChI=1S/C18H19FN4O3S/c1-11(2)8-23-17(25)16-14(10-27-21-16)22(18(23)26)9-15(24)20-7-12-3-5-13(19)6-4-12/h3-6,10-11H,7-9H2,1-2H3,(H,20,24). The Hall–Kier alpha value is -2.81. The van der Waals surface area contributed by atoms with Crippen molar-refractivity contribution in [2.24, 2.45) is 5.92 Å². The number of hydrogen-bond acceptors (Lipinski definition) is 5. The molecule has 0 saturated carbocycles. The zero-order chi connectivity index (χ0) is 19.6. The summed E-state index contributed by atoms with van der Waals surface area (Å²) in [6.07, 6.45) is 0. The van der Waals surface area contributed by atoms with Gasteiger partial charge in [0.1, 0.15) is 12.4 Å². The van der Waals surface area contributed by atoms with E-state index >= 15 is 0 Å². The minimum Gasteiger partial charge on any atom is -0.350 e. The maximum absolute atomic E-state index is 12.9. The van der Waals surface area contributed by atoms with Crippen molar-refractivity contribution in [1.82, 2.24) is 18.8 Å². The van der Waals surface area contributed by atoms with Crippen LogP contribution in [0.15, 0.2) is 39.2 Å². The fourth-order valence-electron chi connectivity index (χ4n) is 2.72. The third-order valence-electron chi connectivity index (χ3n) is 4.00. The topological polar surface area (TPSA) is 86.0 Å². The van der Waals surface area contributed by atoms with Crippen LogP contribution in [0.25, 0.3) is 11.0 Å². The normalized spacial score (nSPS) is 11.3. The van der Waals surface area contributed by atoms with Gasteiger partial charge < -0.3 is 5.32 Å². The predicted octanol–water partition coefficient (Wildman–Crippen LogP) is 1.73. The molecule has 2 aromatic heterocycles. The largest absolute Gasteiger partial charge is 0.350 e. The summed E-state index contributed by atoms with van der Waals surface area (Å²) < 4.78 is 19.4. The van der Waals surface area contributed by atoms with E-state index in [1.807, 2.05) is 13.8 Å². The van der Waals surface area contributed by atoms with Crippen LogP contribution in [0.2, 0.25) is 0 Å². The molecule has 0 unspecified atom stereocenters. The van der Waals surface area contributed by atoms with Gasteiger partial charge in [0.2, 0.25) is 5.91 Å². The summed E-state index contributed by atoms with van der Waals surface area (Å²) in [5, 5.41) is 4.29. The van der Waals surface area contributed by atoms with Crippen LogP contribution in [-0.2, 0) is 24.4 Å². The molecule has 0 saturated heterocycles. The van der Waals surface area contributed by atoms with E-state index in [1.54, 1.807) is 17.5 Å². The molecule has 2 heterocycles. The Kier molecular flexibility index (Phi) is 5.50. The first-order valence-electron chi connectivity index (χ1n) is 8.45. The quantitative estimate of drug-likeness (QED) is 0.695. The lowest BCUT2D eigenvalue weighted by molar-refractivity contribution is -0.121. The molecule has 0 aliphatic heterocycles. The van der Waals surface area contributed by atoms with Crippen LogP contribution in [0.1, 0.15) is 19.4 Å². The summed E-state index contributed by atoms with van der Waals surface area (Å²) in [5.41, 5.74) is 0.314. The van der Waals surface area contributed by atoms with Crippen LogP contribution >= 0.6 is 11.5 Å². The highest BCUT2D eigenvalue weighted by Gasteiger charge is 2.17. The van der Waals surface area contributed by atoms with E-state index in [-0.39, 0.29) is 42.8 Å². The highest BCUT2D eigenvalue weighted by atomic mass is 32.1. The Morgan fingerprint density at radius 2 is 1.93 bits per heavy atom. The smallest absolute Gasteiger partial charge is 0.332 e. The number of nitrogens with zero attached hydrogens (tertiary/aromatic N) is 3. The second-order valence-corrected chi connectivity index (χ2v) is 7.26. The van der Waals surface area contributed by atoms with Gasteiger partial charge in [-0.1, -0.05) is 26.0 Å². The molecule has 0 aliphatic rings. The van der Waals surface area contributed by atoms with Gasteiger partial charge in [-0.05, 0) is 35.1 Å². The van der Waals surface area contributed by atoms with Gasteiger partial charge in [0.25, 0.3) is 5.56 Å². The number of carbonyl (C=O) groups excluding carboxylic acids is 1. The molecular weight excluding hydrogens is 371 g/mol. The van der Waals surface area contributed by atoms with Gasteiger partial charge in [0.15, 0.2) is 5.52 Å². The van der Waals surface area contributed by atoms with Crippen LogP contribution in [0, 0.1) is 11.7 Å². The van der Waals surface area contributed by atoms with Crippen LogP contribution in [0.5, 0.6) is 0 Å². The number of carbonyl (C=O) groups is 1. The zero-order valence-electron chi connectivity index (χ0n) is 14.9. The Labute approximate surface area is 158 Å². The fourth-order valence-corrected chi connectivity index (χ4v) is 3.38. The minimum atomic E-state index is -0.529. The van der Waals surface area contributed by atoms with E-state index in [4.69, 9.17) is 0 Å². The summed E-state index contributed by atoms with van der Waals surface area (Å²) in [6.45, 7) is 4.04. The molecular formula is C18H19FN4O3S. The molecule has 3 aromatic rings. The number of halogens is 1. The van der Waals surface area contributed by atoms with Gasteiger partial charge in [0.05, 0.1) is 5.52 Å². The van der Waals surface area contributed by atoms with Gasteiger partial charge in [-0.15, -0.1) is 0 Å².